The van der Waals surface area contributed by atoms with E-state index in [1.165, 1.54) is 29.0 Å². The van der Waals surface area contributed by atoms with Crippen LogP contribution in [0.2, 0.25) is 0 Å². The molecule has 158 valence electrons. The molecule has 1 amide bonds. The van der Waals surface area contributed by atoms with Crippen LogP contribution >= 0.6 is 11.3 Å². The van der Waals surface area contributed by atoms with Gasteiger partial charge in [-0.3, -0.25) is 9.89 Å². The zero-order valence-corrected chi connectivity index (χ0v) is 18.7. The van der Waals surface area contributed by atoms with E-state index in [-0.39, 0.29) is 5.91 Å². The Morgan fingerprint density at radius 2 is 2.07 bits per heavy atom. The lowest BCUT2D eigenvalue weighted by atomic mass is 10.1. The third kappa shape index (κ3) is 3.37. The van der Waals surface area contributed by atoms with Gasteiger partial charge in [-0.1, -0.05) is 0 Å². The molecule has 5 rings (SSSR count). The van der Waals surface area contributed by atoms with Gasteiger partial charge in [0.25, 0.3) is 5.91 Å². The average Bonchev–Trinajstić information content (AvgIpc) is 3.40. The van der Waals surface area contributed by atoms with Crippen molar-refractivity contribution in [1.29, 1.82) is 0 Å². The summed E-state index contributed by atoms with van der Waals surface area (Å²) >= 11 is 1.74. The molecular weight excluding hydrogens is 396 g/mol. The Labute approximate surface area is 180 Å². The van der Waals surface area contributed by atoms with Crippen LogP contribution in [0.1, 0.15) is 57.9 Å². The van der Waals surface area contributed by atoms with Crippen molar-refractivity contribution in [3.05, 3.63) is 33.5 Å². The molecule has 0 aromatic carbocycles. The minimum Gasteiger partial charge on any atom is -0.334 e. The first-order valence-electron chi connectivity index (χ1n) is 10.7. The van der Waals surface area contributed by atoms with Crippen molar-refractivity contribution in [2.75, 3.05) is 25.0 Å². The Kier molecular flexibility index (Phi) is 4.78. The lowest BCUT2D eigenvalue weighted by Gasteiger charge is -2.32. The van der Waals surface area contributed by atoms with Crippen LogP contribution in [0.25, 0.3) is 10.1 Å². The molecule has 2 aliphatic rings. The number of nitrogens with one attached hydrogen (secondary N) is 3. The maximum absolute atomic E-state index is 13.4. The zero-order valence-electron chi connectivity index (χ0n) is 17.9. The number of rotatable bonds is 4. The third-order valence-electron chi connectivity index (χ3n) is 6.26. The Hall–Kier alpha value is -2.45. The van der Waals surface area contributed by atoms with Crippen molar-refractivity contribution >= 4 is 39.0 Å². The summed E-state index contributed by atoms with van der Waals surface area (Å²) < 4.78 is 1.13. The van der Waals surface area contributed by atoms with Crippen LogP contribution < -0.4 is 10.6 Å². The number of aromatic amines is 1. The number of aryl methyl sites for hydroxylation is 3. The molecule has 0 radical (unpaired) electrons. The quantitative estimate of drug-likeness (QED) is 0.589. The summed E-state index contributed by atoms with van der Waals surface area (Å²) in [5.41, 5.74) is 3.89. The third-order valence-corrected chi connectivity index (χ3v) is 7.59. The van der Waals surface area contributed by atoms with Crippen molar-refractivity contribution in [2.24, 2.45) is 0 Å². The molecule has 7 nitrogen and oxygen atoms in total. The minimum atomic E-state index is 0.00945. The number of hydrogen-bond donors (Lipinski definition) is 3. The molecule has 30 heavy (non-hydrogen) atoms. The number of nitrogens with zero attached hydrogens (tertiary/aromatic N) is 3. The van der Waals surface area contributed by atoms with Gasteiger partial charge in [0.15, 0.2) is 5.82 Å². The number of carbonyl (C=O) groups is 1. The molecule has 3 aromatic rings. The van der Waals surface area contributed by atoms with Crippen LogP contribution in [0.3, 0.4) is 0 Å². The van der Waals surface area contributed by atoms with Crippen LogP contribution in [-0.2, 0) is 0 Å². The van der Waals surface area contributed by atoms with Crippen molar-refractivity contribution in [2.45, 2.75) is 52.5 Å². The summed E-state index contributed by atoms with van der Waals surface area (Å²) in [5, 5.41) is 15.5. The molecule has 1 aliphatic heterocycles. The number of hydrogen-bond acceptors (Lipinski definition) is 6. The van der Waals surface area contributed by atoms with Crippen LogP contribution in [0.15, 0.2) is 6.07 Å². The van der Waals surface area contributed by atoms with E-state index in [4.69, 9.17) is 4.98 Å². The monoisotopic (exact) mass is 424 g/mol. The predicted octanol–water partition coefficient (Wildman–Crippen LogP) is 4.00. The van der Waals surface area contributed by atoms with E-state index in [0.29, 0.717) is 30.7 Å². The van der Waals surface area contributed by atoms with E-state index in [0.717, 1.165) is 33.8 Å². The topological polar surface area (TPSA) is 85.9 Å². The van der Waals surface area contributed by atoms with Gasteiger partial charge in [-0.15, -0.1) is 11.3 Å². The molecule has 1 saturated carbocycles. The van der Waals surface area contributed by atoms with Gasteiger partial charge in [-0.25, -0.2) is 4.98 Å². The lowest BCUT2D eigenvalue weighted by Crippen LogP contribution is -2.51. The van der Waals surface area contributed by atoms with E-state index >= 15 is 0 Å². The largest absolute Gasteiger partial charge is 0.334 e. The second-order valence-electron chi connectivity index (χ2n) is 8.64. The smallest absolute Gasteiger partial charge is 0.272 e. The van der Waals surface area contributed by atoms with E-state index < -0.39 is 0 Å². The van der Waals surface area contributed by atoms with E-state index in [1.807, 2.05) is 11.8 Å². The second kappa shape index (κ2) is 7.35. The van der Waals surface area contributed by atoms with Crippen molar-refractivity contribution in [3.8, 4) is 0 Å². The van der Waals surface area contributed by atoms with Crippen molar-refractivity contribution in [1.82, 2.24) is 25.4 Å². The molecule has 2 fully saturated rings. The summed E-state index contributed by atoms with van der Waals surface area (Å²) in [6, 6.07) is 2.36. The zero-order chi connectivity index (χ0) is 21.0. The van der Waals surface area contributed by atoms with Gasteiger partial charge < -0.3 is 15.5 Å². The number of piperazine rings is 1. The molecule has 1 saturated heterocycles. The fraction of sp³-hybridized carbons (Fsp3) is 0.500. The number of fused-ring (bicyclic) bond motifs is 1. The predicted molar refractivity (Wildman–Crippen MR) is 121 cm³/mol. The minimum absolute atomic E-state index is 0.00945. The Morgan fingerprint density at radius 1 is 1.27 bits per heavy atom. The average molecular weight is 425 g/mol. The van der Waals surface area contributed by atoms with Gasteiger partial charge in [0.2, 0.25) is 0 Å². The Bertz CT molecular complexity index is 1130. The summed E-state index contributed by atoms with van der Waals surface area (Å²) in [6.45, 7) is 10.6. The number of amides is 1. The van der Waals surface area contributed by atoms with Crippen LogP contribution in [0.4, 0.5) is 11.6 Å². The highest BCUT2D eigenvalue weighted by atomic mass is 32.1. The molecule has 8 heteroatoms. The Morgan fingerprint density at radius 3 is 2.80 bits per heavy atom. The molecule has 3 aromatic heterocycles. The molecule has 1 atom stereocenters. The summed E-state index contributed by atoms with van der Waals surface area (Å²) in [5.74, 6) is 2.09. The van der Waals surface area contributed by atoms with Gasteiger partial charge >= 0.3 is 0 Å². The number of aromatic nitrogens is 3. The van der Waals surface area contributed by atoms with Crippen LogP contribution in [0.5, 0.6) is 0 Å². The second-order valence-corrected chi connectivity index (χ2v) is 9.86. The summed E-state index contributed by atoms with van der Waals surface area (Å²) in [7, 11) is 0. The molecule has 1 aliphatic carbocycles. The van der Waals surface area contributed by atoms with Gasteiger partial charge in [0.1, 0.15) is 11.5 Å². The van der Waals surface area contributed by atoms with E-state index in [2.05, 4.69) is 47.7 Å². The summed E-state index contributed by atoms with van der Waals surface area (Å²) in [6.07, 6.45) is 2.44. The summed E-state index contributed by atoms with van der Waals surface area (Å²) in [4.78, 5) is 21.4. The van der Waals surface area contributed by atoms with E-state index in [1.54, 1.807) is 11.3 Å². The normalized spacial score (nSPS) is 19.5. The molecule has 3 N–H and O–H groups in total. The fourth-order valence-electron chi connectivity index (χ4n) is 4.23. The maximum atomic E-state index is 13.4. The van der Waals surface area contributed by atoms with Gasteiger partial charge in [-0.2, -0.15) is 5.10 Å². The van der Waals surface area contributed by atoms with Gasteiger partial charge in [0, 0.05) is 58.3 Å². The SMILES string of the molecule is Cc1sc2c(C)c(C(=O)N3CCN[C@H](C)C3)nc(Nc3cc(C4CC4)[nH]n3)c2c1C. The first kappa shape index (κ1) is 19.5. The maximum Gasteiger partial charge on any atom is 0.272 e. The fourth-order valence-corrected chi connectivity index (χ4v) is 5.39. The highest BCUT2D eigenvalue weighted by Gasteiger charge is 2.28. The first-order valence-corrected chi connectivity index (χ1v) is 11.5. The number of carbonyl (C=O) groups excluding carboxylic acids is 1. The number of anilines is 2. The molecular formula is C22H28N6OS. The molecule has 4 heterocycles. The highest BCUT2D eigenvalue weighted by molar-refractivity contribution is 7.19. The Balaban J connectivity index is 1.57. The number of pyridine rings is 1. The molecule has 0 unspecified atom stereocenters. The van der Waals surface area contributed by atoms with E-state index in [9.17, 15) is 4.79 Å². The number of H-pyrrole nitrogens is 1. The number of thiophene rings is 1. The first-order chi connectivity index (χ1) is 14.4. The van der Waals surface area contributed by atoms with Crippen molar-refractivity contribution < 1.29 is 4.79 Å². The molecule has 0 spiro atoms. The van der Waals surface area contributed by atoms with Gasteiger partial charge in [-0.05, 0) is 51.7 Å². The lowest BCUT2D eigenvalue weighted by molar-refractivity contribution is 0.0702. The van der Waals surface area contributed by atoms with Crippen molar-refractivity contribution in [3.63, 3.8) is 0 Å². The van der Waals surface area contributed by atoms with Crippen LogP contribution in [-0.4, -0.2) is 51.7 Å². The highest BCUT2D eigenvalue weighted by Crippen LogP contribution is 2.41. The van der Waals surface area contributed by atoms with Crippen LogP contribution in [0, 0.1) is 20.8 Å². The molecule has 0 bridgehead atoms. The standard InChI is InChI=1S/C22H28N6OS/c1-11-10-28(8-7-23-11)22(29)19-13(3)20-18(12(2)14(4)30-20)21(25-19)24-17-9-16(26-27-17)15-5-6-15/h9,11,15,23H,5-8,10H2,1-4H3,(H2,24,25,26,27)/t11-/m1/s1. The van der Waals surface area contributed by atoms with Gasteiger partial charge in [0.05, 0.1) is 0 Å².